The van der Waals surface area contributed by atoms with Gasteiger partial charge in [0.25, 0.3) is 5.69 Å². The van der Waals surface area contributed by atoms with Crippen LogP contribution in [0.2, 0.25) is 0 Å². The summed E-state index contributed by atoms with van der Waals surface area (Å²) >= 11 is 0. The van der Waals surface area contributed by atoms with Crippen LogP contribution in [0.3, 0.4) is 0 Å². The molecule has 1 aromatic carbocycles. The zero-order valence-electron chi connectivity index (χ0n) is 7.69. The van der Waals surface area contributed by atoms with Crippen molar-refractivity contribution < 1.29 is 9.72 Å². The Balaban J connectivity index is 3.19. The fourth-order valence-electron chi connectivity index (χ4n) is 1.13. The number of rotatable bonds is 3. The van der Waals surface area contributed by atoms with Gasteiger partial charge < -0.3 is 0 Å². The lowest BCUT2D eigenvalue weighted by molar-refractivity contribution is -0.385. The molecule has 0 aromatic heterocycles. The van der Waals surface area contributed by atoms with Crippen molar-refractivity contribution in [2.75, 3.05) is 0 Å². The van der Waals surface area contributed by atoms with Crippen LogP contribution in [-0.4, -0.2) is 10.7 Å². The van der Waals surface area contributed by atoms with Gasteiger partial charge in [-0.3, -0.25) is 14.9 Å². The van der Waals surface area contributed by atoms with Crippen molar-refractivity contribution in [3.8, 4) is 0 Å². The van der Waals surface area contributed by atoms with E-state index in [1.807, 2.05) is 0 Å². The van der Waals surface area contributed by atoms with Crippen molar-refractivity contribution in [3.05, 3.63) is 52.1 Å². The van der Waals surface area contributed by atoms with Gasteiger partial charge >= 0.3 is 0 Å². The van der Waals surface area contributed by atoms with Crippen LogP contribution in [0.4, 0.5) is 5.69 Å². The van der Waals surface area contributed by atoms with Gasteiger partial charge in [0.2, 0.25) is 0 Å². The van der Waals surface area contributed by atoms with Crippen LogP contribution >= 0.6 is 0 Å². The minimum atomic E-state index is -0.475. The largest absolute Gasteiger partial charge is 0.289 e. The van der Waals surface area contributed by atoms with Crippen molar-refractivity contribution in [2.24, 2.45) is 0 Å². The highest BCUT2D eigenvalue weighted by Crippen LogP contribution is 2.18. The third-order valence-corrected chi connectivity index (χ3v) is 1.86. The van der Waals surface area contributed by atoms with Gasteiger partial charge in [-0.15, -0.1) is 0 Å². The molecule has 1 aromatic rings. The van der Waals surface area contributed by atoms with Gasteiger partial charge in [0.15, 0.2) is 5.78 Å². The molecule has 0 aliphatic heterocycles. The smallest absolute Gasteiger partial charge is 0.272 e. The molecule has 0 bridgehead atoms. The molecule has 0 spiro atoms. The Morgan fingerprint density at radius 1 is 1.57 bits per heavy atom. The molecule has 14 heavy (non-hydrogen) atoms. The van der Waals surface area contributed by atoms with E-state index in [9.17, 15) is 14.9 Å². The number of nitrogens with zero attached hydrogens (tertiary/aromatic N) is 1. The Bertz CT molecular complexity index is 410. The molecule has 0 aliphatic carbocycles. The van der Waals surface area contributed by atoms with Crippen molar-refractivity contribution in [2.45, 2.75) is 6.92 Å². The third kappa shape index (κ3) is 1.85. The molecule has 4 heteroatoms. The Morgan fingerprint density at radius 3 is 2.64 bits per heavy atom. The van der Waals surface area contributed by atoms with Gasteiger partial charge in [0.1, 0.15) is 0 Å². The first-order valence-corrected chi connectivity index (χ1v) is 3.98. The zero-order valence-corrected chi connectivity index (χ0v) is 7.69. The minimum Gasteiger partial charge on any atom is -0.289 e. The number of nitro groups is 1. The molecule has 0 N–H and O–H groups in total. The first kappa shape index (κ1) is 10.1. The number of nitro benzene ring substituents is 1. The number of hydrogen-bond acceptors (Lipinski definition) is 3. The molecule has 0 saturated carbocycles. The molecule has 0 aliphatic rings. The summed E-state index contributed by atoms with van der Waals surface area (Å²) in [5.74, 6) is -0.233. The fraction of sp³-hybridized carbons (Fsp3) is 0.100. The third-order valence-electron chi connectivity index (χ3n) is 1.86. The standard InChI is InChI=1S/C10H9NO3/c1-3-10(12)8-4-5-9(11(13)14)7(2)6-8/h3-6H,1H2,2H3. The van der Waals surface area contributed by atoms with Crippen LogP contribution in [0.25, 0.3) is 0 Å². The van der Waals surface area contributed by atoms with E-state index in [-0.39, 0.29) is 11.5 Å². The molecule has 0 unspecified atom stereocenters. The van der Waals surface area contributed by atoms with E-state index in [1.165, 1.54) is 24.3 Å². The number of aryl methyl sites for hydroxylation is 1. The van der Waals surface area contributed by atoms with Gasteiger partial charge in [-0.05, 0) is 25.1 Å². The van der Waals surface area contributed by atoms with Gasteiger partial charge in [-0.1, -0.05) is 6.58 Å². The highest BCUT2D eigenvalue weighted by molar-refractivity contribution is 6.04. The quantitative estimate of drug-likeness (QED) is 0.318. The maximum absolute atomic E-state index is 11.2. The molecule has 0 heterocycles. The van der Waals surface area contributed by atoms with Crippen molar-refractivity contribution in [3.63, 3.8) is 0 Å². The summed E-state index contributed by atoms with van der Waals surface area (Å²) in [6, 6.07) is 4.24. The van der Waals surface area contributed by atoms with Crippen LogP contribution in [0.15, 0.2) is 30.9 Å². The van der Waals surface area contributed by atoms with Gasteiger partial charge in [0, 0.05) is 17.2 Å². The average Bonchev–Trinajstić information content (AvgIpc) is 2.15. The lowest BCUT2D eigenvalue weighted by Crippen LogP contribution is -1.97. The number of allylic oxidation sites excluding steroid dienone is 1. The Labute approximate surface area is 81.0 Å². The van der Waals surface area contributed by atoms with Crippen LogP contribution in [0.1, 0.15) is 15.9 Å². The summed E-state index contributed by atoms with van der Waals surface area (Å²) in [7, 11) is 0. The predicted molar refractivity (Wildman–Crippen MR) is 52.4 cm³/mol. The SMILES string of the molecule is C=CC(=O)c1ccc([N+](=O)[O-])c(C)c1. The van der Waals surface area contributed by atoms with Crippen molar-refractivity contribution in [1.82, 2.24) is 0 Å². The summed E-state index contributed by atoms with van der Waals surface area (Å²) in [5, 5.41) is 10.5. The summed E-state index contributed by atoms with van der Waals surface area (Å²) in [5.41, 5.74) is 0.913. The van der Waals surface area contributed by atoms with Gasteiger partial charge in [0.05, 0.1) is 4.92 Å². The molecule has 0 atom stereocenters. The van der Waals surface area contributed by atoms with Crippen LogP contribution < -0.4 is 0 Å². The Kier molecular flexibility index (Phi) is 2.76. The summed E-state index contributed by atoms with van der Waals surface area (Å²) in [6.07, 6.45) is 1.18. The maximum atomic E-state index is 11.2. The number of ketones is 1. The zero-order chi connectivity index (χ0) is 10.7. The molecular weight excluding hydrogens is 182 g/mol. The van der Waals surface area contributed by atoms with E-state index in [0.29, 0.717) is 11.1 Å². The lowest BCUT2D eigenvalue weighted by Gasteiger charge is -1.99. The van der Waals surface area contributed by atoms with Crippen LogP contribution in [0, 0.1) is 17.0 Å². The fourth-order valence-corrected chi connectivity index (χ4v) is 1.13. The second-order valence-electron chi connectivity index (χ2n) is 2.83. The minimum absolute atomic E-state index is 0.0191. The molecule has 0 fully saturated rings. The second kappa shape index (κ2) is 3.83. The second-order valence-corrected chi connectivity index (χ2v) is 2.83. The van der Waals surface area contributed by atoms with Gasteiger partial charge in [-0.25, -0.2) is 0 Å². The molecule has 72 valence electrons. The molecular formula is C10H9NO3. The number of carbonyl (C=O) groups excluding carboxylic acids is 1. The molecule has 1 rings (SSSR count). The topological polar surface area (TPSA) is 60.2 Å². The number of benzene rings is 1. The first-order valence-electron chi connectivity index (χ1n) is 3.98. The van der Waals surface area contributed by atoms with E-state index in [1.54, 1.807) is 6.92 Å². The first-order chi connectivity index (χ1) is 6.56. The van der Waals surface area contributed by atoms with E-state index < -0.39 is 4.92 Å². The van der Waals surface area contributed by atoms with E-state index >= 15 is 0 Å². The van der Waals surface area contributed by atoms with Crippen molar-refractivity contribution in [1.29, 1.82) is 0 Å². The van der Waals surface area contributed by atoms with Crippen LogP contribution in [-0.2, 0) is 0 Å². The van der Waals surface area contributed by atoms with E-state index in [0.717, 1.165) is 0 Å². The maximum Gasteiger partial charge on any atom is 0.272 e. The molecule has 0 saturated heterocycles. The number of carbonyl (C=O) groups is 1. The summed E-state index contributed by atoms with van der Waals surface area (Å²) in [4.78, 5) is 21.2. The monoisotopic (exact) mass is 191 g/mol. The highest BCUT2D eigenvalue weighted by Gasteiger charge is 2.11. The summed E-state index contributed by atoms with van der Waals surface area (Å²) < 4.78 is 0. The Hall–Kier alpha value is -1.97. The van der Waals surface area contributed by atoms with Gasteiger partial charge in [-0.2, -0.15) is 0 Å². The predicted octanol–water partition coefficient (Wildman–Crippen LogP) is 2.27. The molecule has 0 radical (unpaired) electrons. The van der Waals surface area contributed by atoms with Crippen LogP contribution in [0.5, 0.6) is 0 Å². The average molecular weight is 191 g/mol. The summed E-state index contributed by atoms with van der Waals surface area (Å²) in [6.45, 7) is 4.94. The lowest BCUT2D eigenvalue weighted by atomic mass is 10.1. The van der Waals surface area contributed by atoms with E-state index in [4.69, 9.17) is 0 Å². The Morgan fingerprint density at radius 2 is 2.21 bits per heavy atom. The highest BCUT2D eigenvalue weighted by atomic mass is 16.6. The molecule has 4 nitrogen and oxygen atoms in total. The normalized spacial score (nSPS) is 9.50. The van der Waals surface area contributed by atoms with Crippen molar-refractivity contribution >= 4 is 11.5 Å². The molecule has 0 amide bonds. The van der Waals surface area contributed by atoms with E-state index in [2.05, 4.69) is 6.58 Å². The number of hydrogen-bond donors (Lipinski definition) is 0.